The van der Waals surface area contributed by atoms with Gasteiger partial charge in [0.2, 0.25) is 0 Å². The summed E-state index contributed by atoms with van der Waals surface area (Å²) in [6.07, 6.45) is 7.33. The molecule has 182 valence electrons. The lowest BCUT2D eigenvalue weighted by Gasteiger charge is -2.59. The molecule has 5 nitrogen and oxygen atoms in total. The second-order valence-corrected chi connectivity index (χ2v) is 12.8. The highest BCUT2D eigenvalue weighted by Gasteiger charge is 2.66. The number of carbonyl (C=O) groups is 1. The van der Waals surface area contributed by atoms with E-state index in [-0.39, 0.29) is 40.3 Å². The lowest BCUT2D eigenvalue weighted by molar-refractivity contribution is -0.142. The maximum atomic E-state index is 13.2. The molecule has 3 saturated carbocycles. The van der Waals surface area contributed by atoms with Crippen molar-refractivity contribution in [1.82, 2.24) is 0 Å². The van der Waals surface area contributed by atoms with E-state index in [0.29, 0.717) is 25.7 Å². The first-order valence-corrected chi connectivity index (χ1v) is 12.8. The van der Waals surface area contributed by atoms with Crippen molar-refractivity contribution >= 4 is 5.78 Å². The highest BCUT2D eigenvalue weighted by atomic mass is 16.3. The highest BCUT2D eigenvalue weighted by Crippen LogP contribution is 2.68. The molecule has 0 saturated heterocycles. The Morgan fingerprint density at radius 2 is 1.81 bits per heavy atom. The van der Waals surface area contributed by atoms with Gasteiger partial charge >= 0.3 is 0 Å². The Bertz CT molecular complexity index is 783. The molecule has 0 aromatic heterocycles. The van der Waals surface area contributed by atoms with Crippen LogP contribution >= 0.6 is 0 Å². The number of hydrogen-bond donors (Lipinski definition) is 4. The van der Waals surface area contributed by atoms with Crippen molar-refractivity contribution in [2.75, 3.05) is 0 Å². The largest absolute Gasteiger partial charge is 0.393 e. The Kier molecular flexibility index (Phi) is 6.02. The summed E-state index contributed by atoms with van der Waals surface area (Å²) in [5.41, 5.74) is -1.43. The Hall–Kier alpha value is -0.750. The van der Waals surface area contributed by atoms with E-state index in [1.807, 2.05) is 0 Å². The number of allylic oxidation sites excluding steroid dienone is 1. The van der Waals surface area contributed by atoms with E-state index < -0.39 is 23.4 Å². The standard InChI is InChI=1S/C27H44O5/c1-16(22(29)9-10-24(2,3)31)18-8-13-27(32)20-15-23(30)21-14-17(28)6-11-25(21,4)19(20)7-12-26(18,27)5/h15-19,21-22,28-29,31-32H,6-14H2,1-5H3/t16-,17+,18+,19?,21-,22+,25+,26+,27+/m0/s1. The third-order valence-corrected chi connectivity index (χ3v) is 10.4. The smallest absolute Gasteiger partial charge is 0.159 e. The van der Waals surface area contributed by atoms with Gasteiger partial charge in [-0.1, -0.05) is 20.8 Å². The summed E-state index contributed by atoms with van der Waals surface area (Å²) in [4.78, 5) is 13.2. The van der Waals surface area contributed by atoms with E-state index in [9.17, 15) is 25.2 Å². The molecule has 4 rings (SSSR count). The van der Waals surface area contributed by atoms with Crippen LogP contribution in [0, 0.1) is 34.5 Å². The predicted molar refractivity (Wildman–Crippen MR) is 124 cm³/mol. The van der Waals surface area contributed by atoms with Gasteiger partial charge in [-0.25, -0.2) is 0 Å². The molecule has 5 heteroatoms. The molecule has 0 aromatic carbocycles. The molecule has 0 radical (unpaired) electrons. The summed E-state index contributed by atoms with van der Waals surface area (Å²) in [7, 11) is 0. The quantitative estimate of drug-likeness (QED) is 0.513. The minimum atomic E-state index is -1.01. The van der Waals surface area contributed by atoms with E-state index >= 15 is 0 Å². The summed E-state index contributed by atoms with van der Waals surface area (Å²) in [6.45, 7) is 10.0. The molecule has 0 aromatic rings. The number of fused-ring (bicyclic) bond motifs is 5. The first-order chi connectivity index (χ1) is 14.7. The van der Waals surface area contributed by atoms with Crippen LogP contribution in [0.1, 0.15) is 92.4 Å². The van der Waals surface area contributed by atoms with Crippen LogP contribution in [0.15, 0.2) is 11.6 Å². The van der Waals surface area contributed by atoms with Gasteiger partial charge in [0.1, 0.15) is 0 Å². The van der Waals surface area contributed by atoms with Crippen molar-refractivity contribution < 1.29 is 25.2 Å². The zero-order valence-electron chi connectivity index (χ0n) is 20.6. The summed E-state index contributed by atoms with van der Waals surface area (Å²) in [5, 5.41) is 43.4. The van der Waals surface area contributed by atoms with Gasteiger partial charge in [-0.05, 0) is 106 Å². The van der Waals surface area contributed by atoms with Crippen molar-refractivity contribution in [2.45, 2.75) is 116 Å². The van der Waals surface area contributed by atoms with E-state index in [0.717, 1.165) is 37.7 Å². The van der Waals surface area contributed by atoms with Gasteiger partial charge in [0.25, 0.3) is 0 Å². The van der Waals surface area contributed by atoms with Crippen molar-refractivity contribution in [3.8, 4) is 0 Å². The van der Waals surface area contributed by atoms with Crippen LogP contribution in [-0.2, 0) is 4.79 Å². The van der Waals surface area contributed by atoms with Crippen molar-refractivity contribution in [2.24, 2.45) is 34.5 Å². The van der Waals surface area contributed by atoms with Crippen LogP contribution in [0.2, 0.25) is 0 Å². The summed E-state index contributed by atoms with van der Waals surface area (Å²) in [5.74, 6) is 0.301. The van der Waals surface area contributed by atoms with Crippen molar-refractivity contribution in [3.63, 3.8) is 0 Å². The summed E-state index contributed by atoms with van der Waals surface area (Å²) < 4.78 is 0. The maximum Gasteiger partial charge on any atom is 0.159 e. The fraction of sp³-hybridized carbons (Fsp3) is 0.889. The van der Waals surface area contributed by atoms with E-state index in [4.69, 9.17) is 0 Å². The number of rotatable bonds is 5. The molecular formula is C27H44O5. The molecular weight excluding hydrogens is 404 g/mol. The normalized spacial score (nSPS) is 46.0. The fourth-order valence-corrected chi connectivity index (χ4v) is 8.23. The topological polar surface area (TPSA) is 98.0 Å². The predicted octanol–water partition coefficient (Wildman–Crippen LogP) is 3.77. The highest BCUT2D eigenvalue weighted by molar-refractivity contribution is 5.95. The fourth-order valence-electron chi connectivity index (χ4n) is 8.23. The van der Waals surface area contributed by atoms with Crippen molar-refractivity contribution in [3.05, 3.63) is 11.6 Å². The number of hydrogen-bond acceptors (Lipinski definition) is 5. The van der Waals surface area contributed by atoms with E-state index in [1.54, 1.807) is 19.9 Å². The van der Waals surface area contributed by atoms with E-state index in [1.165, 1.54) is 0 Å². The molecule has 4 aliphatic carbocycles. The molecule has 0 aliphatic heterocycles. The average Bonchev–Trinajstić information content (AvgIpc) is 2.98. The average molecular weight is 449 g/mol. The van der Waals surface area contributed by atoms with Crippen LogP contribution in [0.3, 0.4) is 0 Å². The maximum absolute atomic E-state index is 13.2. The minimum absolute atomic E-state index is 0.0148. The van der Waals surface area contributed by atoms with Crippen molar-refractivity contribution in [1.29, 1.82) is 0 Å². The number of aliphatic hydroxyl groups excluding tert-OH is 2. The van der Waals surface area contributed by atoms with Crippen LogP contribution in [0.5, 0.6) is 0 Å². The Labute approximate surface area is 193 Å². The van der Waals surface area contributed by atoms with Crippen LogP contribution in [0.25, 0.3) is 0 Å². The monoisotopic (exact) mass is 448 g/mol. The number of ketones is 1. The Morgan fingerprint density at radius 1 is 1.12 bits per heavy atom. The Morgan fingerprint density at radius 3 is 2.47 bits per heavy atom. The minimum Gasteiger partial charge on any atom is -0.393 e. The first-order valence-electron chi connectivity index (χ1n) is 12.8. The van der Waals surface area contributed by atoms with Crippen LogP contribution < -0.4 is 0 Å². The molecule has 32 heavy (non-hydrogen) atoms. The molecule has 4 aliphatic rings. The molecule has 1 unspecified atom stereocenters. The van der Waals surface area contributed by atoms with Gasteiger partial charge < -0.3 is 20.4 Å². The second-order valence-electron chi connectivity index (χ2n) is 12.8. The molecule has 0 heterocycles. The molecule has 4 N–H and O–H groups in total. The van der Waals surface area contributed by atoms with Gasteiger partial charge in [0.05, 0.1) is 23.4 Å². The van der Waals surface area contributed by atoms with Crippen LogP contribution in [-0.4, -0.2) is 49.6 Å². The molecule has 0 amide bonds. The van der Waals surface area contributed by atoms with Gasteiger partial charge in [-0.3, -0.25) is 4.79 Å². The lowest BCUT2D eigenvalue weighted by Crippen LogP contribution is -2.59. The zero-order chi connectivity index (χ0) is 23.7. The number of carbonyl (C=O) groups excluding carboxylic acids is 1. The summed E-state index contributed by atoms with van der Waals surface area (Å²) in [6, 6.07) is 0. The van der Waals surface area contributed by atoms with Gasteiger partial charge in [0.15, 0.2) is 5.78 Å². The second kappa shape index (κ2) is 7.90. The van der Waals surface area contributed by atoms with Gasteiger partial charge in [-0.2, -0.15) is 0 Å². The third-order valence-electron chi connectivity index (χ3n) is 10.4. The molecule has 0 bridgehead atoms. The number of aliphatic hydroxyl groups is 4. The summed E-state index contributed by atoms with van der Waals surface area (Å²) >= 11 is 0. The first kappa shape index (κ1) is 24.4. The molecule has 3 fully saturated rings. The van der Waals surface area contributed by atoms with Gasteiger partial charge in [-0.15, -0.1) is 0 Å². The van der Waals surface area contributed by atoms with Crippen LogP contribution in [0.4, 0.5) is 0 Å². The Balaban J connectivity index is 1.61. The van der Waals surface area contributed by atoms with Gasteiger partial charge in [0, 0.05) is 11.3 Å². The lowest BCUT2D eigenvalue weighted by atomic mass is 9.46. The SMILES string of the molecule is C[C@H]([C@H](O)CCC(C)(C)O)[C@H]1CC[C@@]2(O)C3=CC(=O)[C@@H]4C[C@H](O)CC[C@]4(C)C3CC[C@]12C. The molecule has 9 atom stereocenters. The zero-order valence-corrected chi connectivity index (χ0v) is 20.6. The molecule has 0 spiro atoms. The van der Waals surface area contributed by atoms with E-state index in [2.05, 4.69) is 20.8 Å². The third kappa shape index (κ3) is 3.62.